The molecule has 0 saturated carbocycles. The molecule has 2 fully saturated rings. The van der Waals surface area contributed by atoms with Crippen LogP contribution in [-0.4, -0.2) is 65.5 Å². The lowest BCUT2D eigenvalue weighted by Gasteiger charge is -2.39. The number of aliphatic hydroxyl groups is 1. The second kappa shape index (κ2) is 7.89. The molecule has 0 radical (unpaired) electrons. The average molecular weight is 391 g/mol. The molecule has 2 heterocycles. The van der Waals surface area contributed by atoms with E-state index in [0.29, 0.717) is 0 Å². The second-order valence-electron chi connectivity index (χ2n) is 6.92. The number of ether oxygens (including phenoxy) is 3. The minimum absolute atomic E-state index is 0.0362. The molecule has 28 heavy (non-hydrogen) atoms. The third-order valence-electron chi connectivity index (χ3n) is 5.58. The summed E-state index contributed by atoms with van der Waals surface area (Å²) in [6, 6.07) is 7.43. The lowest BCUT2D eigenvalue weighted by Crippen LogP contribution is -2.65. The number of likely N-dealkylation sites (tertiary alicyclic amines) is 1. The molecule has 0 bridgehead atoms. The van der Waals surface area contributed by atoms with Crippen molar-refractivity contribution in [1.82, 2.24) is 4.90 Å². The first kappa shape index (κ1) is 20.3. The number of benzene rings is 1. The summed E-state index contributed by atoms with van der Waals surface area (Å²) in [6.45, 7) is 5.12. The summed E-state index contributed by atoms with van der Waals surface area (Å²) in [7, 11) is 0. The van der Waals surface area contributed by atoms with Gasteiger partial charge in [0.15, 0.2) is 6.29 Å². The summed E-state index contributed by atoms with van der Waals surface area (Å²) in [5, 5.41) is 10.4. The van der Waals surface area contributed by atoms with Crippen molar-refractivity contribution in [3.63, 3.8) is 0 Å². The molecule has 2 aliphatic rings. The molecule has 152 valence electrons. The molecule has 0 aliphatic carbocycles. The Bertz CT molecular complexity index is 732. The highest BCUT2D eigenvalue weighted by molar-refractivity contribution is 6.11. The minimum atomic E-state index is -1.99. The Labute approximate surface area is 163 Å². The predicted octanol–water partition coefficient (Wildman–Crippen LogP) is 0.977. The molecule has 2 aliphatic heterocycles. The summed E-state index contributed by atoms with van der Waals surface area (Å²) in [6.07, 6.45) is -1.31. The molecular formula is C20H25NO7. The summed E-state index contributed by atoms with van der Waals surface area (Å²) in [4.78, 5) is 40.9. The van der Waals surface area contributed by atoms with E-state index >= 15 is 0 Å². The molecule has 0 aromatic heterocycles. The third-order valence-corrected chi connectivity index (χ3v) is 5.58. The number of rotatable bonds is 5. The van der Waals surface area contributed by atoms with Crippen LogP contribution in [0.15, 0.2) is 30.3 Å². The van der Waals surface area contributed by atoms with Crippen molar-refractivity contribution in [3.05, 3.63) is 35.9 Å². The van der Waals surface area contributed by atoms with Crippen LogP contribution in [0, 0.1) is 11.8 Å². The van der Waals surface area contributed by atoms with E-state index in [1.807, 2.05) is 0 Å². The van der Waals surface area contributed by atoms with Crippen LogP contribution in [0.5, 0.6) is 0 Å². The van der Waals surface area contributed by atoms with Crippen LogP contribution in [0.4, 0.5) is 0 Å². The fourth-order valence-electron chi connectivity index (χ4n) is 4.29. The topological polar surface area (TPSA) is 102 Å². The maximum atomic E-state index is 13.5. The molecule has 8 nitrogen and oxygen atoms in total. The molecule has 1 amide bonds. The van der Waals surface area contributed by atoms with Crippen molar-refractivity contribution in [2.75, 3.05) is 19.8 Å². The van der Waals surface area contributed by atoms with E-state index in [9.17, 15) is 19.5 Å². The SMILES string of the molecule is CCOC(=O)C1(C(=O)OCC)[C@H](C)[C@H]2COC(O)[C@H]2N1C(=O)c1ccccc1. The first-order chi connectivity index (χ1) is 13.4. The molecule has 1 unspecified atom stereocenters. The molecule has 1 aromatic rings. The quantitative estimate of drug-likeness (QED) is 0.589. The lowest BCUT2D eigenvalue weighted by atomic mass is 9.80. The zero-order valence-electron chi connectivity index (χ0n) is 16.2. The third kappa shape index (κ3) is 2.87. The Morgan fingerprint density at radius 3 is 2.25 bits per heavy atom. The van der Waals surface area contributed by atoms with E-state index in [2.05, 4.69) is 0 Å². The highest BCUT2D eigenvalue weighted by Crippen LogP contribution is 2.49. The van der Waals surface area contributed by atoms with Crippen molar-refractivity contribution in [2.24, 2.45) is 11.8 Å². The number of carbonyl (C=O) groups excluding carboxylic acids is 3. The molecule has 0 spiro atoms. The van der Waals surface area contributed by atoms with Crippen LogP contribution >= 0.6 is 0 Å². The fraction of sp³-hybridized carbons (Fsp3) is 0.550. The van der Waals surface area contributed by atoms with E-state index < -0.39 is 47.6 Å². The smallest absolute Gasteiger partial charge is 0.344 e. The van der Waals surface area contributed by atoms with Crippen LogP contribution in [0.1, 0.15) is 31.1 Å². The van der Waals surface area contributed by atoms with Crippen LogP contribution in [0.25, 0.3) is 0 Å². The van der Waals surface area contributed by atoms with Gasteiger partial charge in [0.2, 0.25) is 5.54 Å². The van der Waals surface area contributed by atoms with Gasteiger partial charge in [0.1, 0.15) is 0 Å². The van der Waals surface area contributed by atoms with Gasteiger partial charge in [-0.25, -0.2) is 9.59 Å². The monoisotopic (exact) mass is 391 g/mol. The Morgan fingerprint density at radius 1 is 1.14 bits per heavy atom. The average Bonchev–Trinajstić information content (AvgIpc) is 3.19. The lowest BCUT2D eigenvalue weighted by molar-refractivity contribution is -0.178. The summed E-state index contributed by atoms with van der Waals surface area (Å²) >= 11 is 0. The minimum Gasteiger partial charge on any atom is -0.464 e. The number of hydrogen-bond acceptors (Lipinski definition) is 7. The molecule has 3 rings (SSSR count). The van der Waals surface area contributed by atoms with E-state index in [0.717, 1.165) is 4.90 Å². The van der Waals surface area contributed by atoms with Gasteiger partial charge in [0.05, 0.1) is 25.9 Å². The number of fused-ring (bicyclic) bond motifs is 1. The number of aliphatic hydroxyl groups excluding tert-OH is 1. The normalized spacial score (nSPS) is 27.9. The van der Waals surface area contributed by atoms with Gasteiger partial charge >= 0.3 is 11.9 Å². The number of nitrogens with zero attached hydrogens (tertiary/aromatic N) is 1. The van der Waals surface area contributed by atoms with Gasteiger partial charge in [-0.1, -0.05) is 25.1 Å². The van der Waals surface area contributed by atoms with Gasteiger partial charge in [-0.15, -0.1) is 0 Å². The van der Waals surface area contributed by atoms with Gasteiger partial charge in [0, 0.05) is 17.4 Å². The number of amides is 1. The van der Waals surface area contributed by atoms with Crippen molar-refractivity contribution >= 4 is 17.8 Å². The first-order valence-electron chi connectivity index (χ1n) is 9.44. The molecule has 8 heteroatoms. The Balaban J connectivity index is 2.19. The fourth-order valence-corrected chi connectivity index (χ4v) is 4.29. The van der Waals surface area contributed by atoms with Gasteiger partial charge in [-0.3, -0.25) is 4.79 Å². The number of carbonyl (C=O) groups is 3. The standard InChI is InChI=1S/C20H25NO7/c1-4-26-18(24)20(19(25)27-5-2)12(3)14-11-28-17(23)15(14)21(20)16(22)13-9-7-6-8-10-13/h6-10,12,14-15,17,23H,4-5,11H2,1-3H3/t12-,14-,15+,17?/m1/s1. The van der Waals surface area contributed by atoms with Crippen LogP contribution in [0.2, 0.25) is 0 Å². The van der Waals surface area contributed by atoms with Gasteiger partial charge in [0.25, 0.3) is 5.91 Å². The van der Waals surface area contributed by atoms with Crippen molar-refractivity contribution in [1.29, 1.82) is 0 Å². The van der Waals surface area contributed by atoms with Gasteiger partial charge in [-0.2, -0.15) is 0 Å². The van der Waals surface area contributed by atoms with Crippen molar-refractivity contribution in [3.8, 4) is 0 Å². The molecular weight excluding hydrogens is 366 g/mol. The number of hydrogen-bond donors (Lipinski definition) is 1. The Morgan fingerprint density at radius 2 is 1.71 bits per heavy atom. The van der Waals surface area contributed by atoms with Crippen LogP contribution < -0.4 is 0 Å². The van der Waals surface area contributed by atoms with E-state index in [1.165, 1.54) is 0 Å². The Kier molecular flexibility index (Phi) is 5.71. The van der Waals surface area contributed by atoms with Crippen molar-refractivity contribution < 1.29 is 33.7 Å². The summed E-state index contributed by atoms with van der Waals surface area (Å²) in [5.74, 6) is -3.36. The van der Waals surface area contributed by atoms with E-state index in [4.69, 9.17) is 14.2 Å². The zero-order valence-corrected chi connectivity index (χ0v) is 16.2. The zero-order chi connectivity index (χ0) is 20.5. The highest BCUT2D eigenvalue weighted by Gasteiger charge is 2.72. The van der Waals surface area contributed by atoms with Gasteiger partial charge < -0.3 is 24.2 Å². The molecule has 1 aromatic carbocycles. The first-order valence-corrected chi connectivity index (χ1v) is 9.44. The number of esters is 2. The largest absolute Gasteiger partial charge is 0.464 e. The second-order valence-corrected chi connectivity index (χ2v) is 6.92. The summed E-state index contributed by atoms with van der Waals surface area (Å²) < 4.78 is 15.8. The maximum absolute atomic E-state index is 13.5. The van der Waals surface area contributed by atoms with Crippen molar-refractivity contribution in [2.45, 2.75) is 38.6 Å². The van der Waals surface area contributed by atoms with E-state index in [1.54, 1.807) is 51.1 Å². The van der Waals surface area contributed by atoms with Crippen LogP contribution in [0.3, 0.4) is 0 Å². The van der Waals surface area contributed by atoms with Crippen LogP contribution in [-0.2, 0) is 23.8 Å². The maximum Gasteiger partial charge on any atom is 0.344 e. The molecule has 2 saturated heterocycles. The molecule has 4 atom stereocenters. The van der Waals surface area contributed by atoms with Gasteiger partial charge in [-0.05, 0) is 26.0 Å². The van der Waals surface area contributed by atoms with E-state index in [-0.39, 0.29) is 25.4 Å². The summed E-state index contributed by atoms with van der Waals surface area (Å²) in [5.41, 5.74) is -1.70. The predicted molar refractivity (Wildman–Crippen MR) is 97.0 cm³/mol. The molecule has 1 N–H and O–H groups in total. The Hall–Kier alpha value is -2.45. The highest BCUT2D eigenvalue weighted by atomic mass is 16.6.